The predicted molar refractivity (Wildman–Crippen MR) is 605 cm³/mol. The molecule has 0 aliphatic heterocycles. The van der Waals surface area contributed by atoms with Gasteiger partial charge in [0.15, 0.2) is 0 Å². The zero-order valence-corrected chi connectivity index (χ0v) is 79.5. The highest BCUT2D eigenvalue weighted by atomic mass is 14.4. The molecule has 0 nitrogen and oxygen atoms in total. The van der Waals surface area contributed by atoms with Crippen molar-refractivity contribution in [2.45, 2.75) is 57.8 Å². The van der Waals surface area contributed by atoms with Gasteiger partial charge in [0.05, 0.1) is 0 Å². The maximum Gasteiger partial charge on any atom is 0.0159 e. The molecule has 0 spiro atoms. The molecule has 0 fully saturated rings. The molecule has 0 amide bonds. The van der Waals surface area contributed by atoms with E-state index in [1.54, 1.807) is 0 Å². The Morgan fingerprint density at radius 1 is 0.106 bits per heavy atom. The molecular weight excluding hydrogens is 1690 g/mol. The normalized spacial score (nSPS) is 13.5. The molecule has 3 aliphatic rings. The molecule has 0 N–H and O–H groups in total. The van der Waals surface area contributed by atoms with Gasteiger partial charge in [-0.15, -0.1) is 0 Å². The summed E-state index contributed by atoms with van der Waals surface area (Å²) in [7, 11) is 0. The second-order valence-corrected chi connectivity index (χ2v) is 41.3. The van der Waals surface area contributed by atoms with Crippen LogP contribution in [0.4, 0.5) is 0 Å². The van der Waals surface area contributed by atoms with Crippen molar-refractivity contribution < 1.29 is 0 Å². The van der Waals surface area contributed by atoms with E-state index in [0.29, 0.717) is 0 Å². The van der Waals surface area contributed by atoms with E-state index >= 15 is 0 Å². The first-order valence-corrected chi connectivity index (χ1v) is 49.8. The standard InChI is InChI=1S/3C47H32/c1-47(2)43-27-35(21-24-40(43)41-25-22-36(28-44(41)47)38-12-6-8-30-7-3-4-11-37(30)38)29-13-15-31(16-14-29)39-23-19-34-18-17-32-9-5-10-33-20-26-42(39)46(34)45(32)33;1-47(2)43-27-36(19-21-41(43)42-22-20-37(28-44(42)47)35-16-13-29-7-3-4-8-32(29)23-35)33-11-6-12-34(24-33)40-25-38-17-14-30-9-5-10-31-15-18-39(26-40)46(38)45(30)31;1-47(2)43-27-37(20-23-40(43)41-24-21-38(28-44(41)47)36-17-12-29-6-3-4-7-35(29)26-36)30-10-13-31(14-11-30)39-22-18-34-16-15-32-8-5-9-33-19-25-42(39)46(34)45(32)33/h3*3-28H,1-2H3. The summed E-state index contributed by atoms with van der Waals surface area (Å²) < 4.78 is 0. The maximum absolute atomic E-state index is 2.44. The van der Waals surface area contributed by atoms with Crippen molar-refractivity contribution in [1.82, 2.24) is 0 Å². The predicted octanol–water partition coefficient (Wildman–Crippen LogP) is 39.1. The molecule has 660 valence electrons. The lowest BCUT2D eigenvalue weighted by molar-refractivity contribution is 0.660. The van der Waals surface area contributed by atoms with Crippen LogP contribution in [0, 0.1) is 0 Å². The molecule has 0 atom stereocenters. The van der Waals surface area contributed by atoms with Crippen molar-refractivity contribution in [3.05, 3.63) is 507 Å². The fourth-order valence-electron chi connectivity index (χ4n) is 24.9. The Morgan fingerprint density at radius 3 is 0.730 bits per heavy atom. The lowest BCUT2D eigenvalue weighted by atomic mass is 9.80. The Balaban J connectivity index is 0.000000104. The van der Waals surface area contributed by atoms with Crippen molar-refractivity contribution in [3.8, 4) is 134 Å². The third kappa shape index (κ3) is 13.1. The summed E-state index contributed by atoms with van der Waals surface area (Å²) in [6, 6.07) is 177. The fraction of sp³-hybridized carbons (Fsp3) is 0.0638. The Morgan fingerprint density at radius 2 is 0.326 bits per heavy atom. The monoisotopic (exact) mass is 1790 g/mol. The molecule has 141 heavy (non-hydrogen) atoms. The number of hydrogen-bond acceptors (Lipinski definition) is 0. The van der Waals surface area contributed by atoms with Crippen molar-refractivity contribution in [2.75, 3.05) is 0 Å². The van der Waals surface area contributed by atoms with E-state index in [2.05, 4.69) is 515 Å². The zero-order chi connectivity index (χ0) is 93.8. The summed E-state index contributed by atoms with van der Waals surface area (Å²) in [5.74, 6) is 0. The Bertz CT molecular complexity index is 9770. The first kappa shape index (κ1) is 82.1. The maximum atomic E-state index is 2.44. The van der Waals surface area contributed by atoms with Crippen LogP contribution in [-0.2, 0) is 16.2 Å². The van der Waals surface area contributed by atoms with E-state index in [0.717, 1.165) is 0 Å². The molecule has 0 radical (unpaired) electrons. The minimum absolute atomic E-state index is 0.0881. The molecule has 3 aliphatic carbocycles. The first-order chi connectivity index (χ1) is 69.1. The van der Waals surface area contributed by atoms with Crippen LogP contribution in [0.15, 0.2) is 473 Å². The van der Waals surface area contributed by atoms with Gasteiger partial charge in [0.1, 0.15) is 0 Å². The molecule has 0 saturated carbocycles. The molecule has 0 saturated heterocycles. The highest BCUT2D eigenvalue weighted by molar-refractivity contribution is 6.28. The third-order valence-electron chi connectivity index (χ3n) is 32.4. The zero-order valence-electron chi connectivity index (χ0n) is 79.5. The highest BCUT2D eigenvalue weighted by Gasteiger charge is 2.40. The van der Waals surface area contributed by atoms with Crippen LogP contribution >= 0.6 is 0 Å². The molecule has 0 heterocycles. The summed E-state index contributed by atoms with van der Waals surface area (Å²) in [6.45, 7) is 14.3. The molecule has 0 heteroatoms. The second-order valence-electron chi connectivity index (χ2n) is 41.3. The van der Waals surface area contributed by atoms with Crippen LogP contribution in [0.5, 0.6) is 0 Å². The molecule has 27 aromatic carbocycles. The minimum atomic E-state index is -0.0971. The van der Waals surface area contributed by atoms with Gasteiger partial charge >= 0.3 is 0 Å². The van der Waals surface area contributed by atoms with E-state index in [1.807, 2.05) is 0 Å². The van der Waals surface area contributed by atoms with Gasteiger partial charge in [-0.1, -0.05) is 448 Å². The van der Waals surface area contributed by atoms with Crippen molar-refractivity contribution in [2.24, 2.45) is 0 Å². The van der Waals surface area contributed by atoms with Gasteiger partial charge in [0.25, 0.3) is 0 Å². The highest BCUT2D eigenvalue weighted by Crippen LogP contribution is 2.56. The third-order valence-corrected chi connectivity index (χ3v) is 32.4. The average molecular weight is 1790 g/mol. The van der Waals surface area contributed by atoms with Crippen LogP contribution in [0.25, 0.3) is 263 Å². The Labute approximate surface area is 821 Å². The Hall–Kier alpha value is -17.2. The van der Waals surface area contributed by atoms with Gasteiger partial charge in [-0.2, -0.15) is 0 Å². The molecular formula is C141H96. The number of hydrogen-bond donors (Lipinski definition) is 0. The van der Waals surface area contributed by atoms with Crippen molar-refractivity contribution in [1.29, 1.82) is 0 Å². The van der Waals surface area contributed by atoms with Crippen LogP contribution in [0.1, 0.15) is 74.9 Å². The molecule has 0 bridgehead atoms. The topological polar surface area (TPSA) is 0 Å². The number of rotatable bonds is 9. The summed E-state index contributed by atoms with van der Waals surface area (Å²) in [5.41, 5.74) is 39.0. The lowest BCUT2D eigenvalue weighted by Gasteiger charge is -2.23. The van der Waals surface area contributed by atoms with Crippen molar-refractivity contribution in [3.63, 3.8) is 0 Å². The van der Waals surface area contributed by atoms with Crippen LogP contribution < -0.4 is 0 Å². The second kappa shape index (κ2) is 31.4. The fourth-order valence-corrected chi connectivity index (χ4v) is 24.9. The van der Waals surface area contributed by atoms with Gasteiger partial charge in [0, 0.05) is 16.2 Å². The van der Waals surface area contributed by atoms with E-state index in [-0.39, 0.29) is 16.2 Å². The number of fused-ring (bicyclic) bond motifs is 12. The summed E-state index contributed by atoms with van der Waals surface area (Å²) in [6.07, 6.45) is 0. The van der Waals surface area contributed by atoms with Crippen LogP contribution in [-0.4, -0.2) is 0 Å². The summed E-state index contributed by atoms with van der Waals surface area (Å²) >= 11 is 0. The van der Waals surface area contributed by atoms with Gasteiger partial charge in [0.2, 0.25) is 0 Å². The van der Waals surface area contributed by atoms with Gasteiger partial charge in [-0.25, -0.2) is 0 Å². The van der Waals surface area contributed by atoms with E-state index < -0.39 is 0 Å². The first-order valence-electron chi connectivity index (χ1n) is 49.8. The van der Waals surface area contributed by atoms with Gasteiger partial charge in [-0.3, -0.25) is 0 Å². The number of benzene rings is 27. The largest absolute Gasteiger partial charge is 0.0616 e. The smallest absolute Gasteiger partial charge is 0.0159 e. The SMILES string of the molecule is CC1(C)c2cc(-c3ccc(-c4ccc5ccc6cccc7ccc4c5c67)cc3)ccc2-c2ccc(-c3ccc4ccccc4c3)cc21.CC1(C)c2cc(-c3ccc(-c4ccc5ccc6cccc7ccc4c5c67)cc3)ccc2-c2ccc(-c3cccc4ccccc34)cc21.CC1(C)c2cc(-c3cccc(-c4cc5ccc6cccc7ccc(c4)c5c67)c3)ccc2-c2ccc(-c3ccc4ccccc4c3)cc21. The summed E-state index contributed by atoms with van der Waals surface area (Å²) in [5, 5.41) is 31.6. The van der Waals surface area contributed by atoms with E-state index in [9.17, 15) is 0 Å². The molecule has 0 aromatic heterocycles. The van der Waals surface area contributed by atoms with E-state index in [4.69, 9.17) is 0 Å². The lowest BCUT2D eigenvalue weighted by Crippen LogP contribution is -2.15. The van der Waals surface area contributed by atoms with Crippen LogP contribution in [0.2, 0.25) is 0 Å². The average Bonchev–Trinajstić information content (AvgIpc) is 1.57. The van der Waals surface area contributed by atoms with Gasteiger partial charge < -0.3 is 0 Å². The van der Waals surface area contributed by atoms with Gasteiger partial charge in [-0.05, 0) is 363 Å². The van der Waals surface area contributed by atoms with Crippen molar-refractivity contribution >= 4 is 129 Å². The summed E-state index contributed by atoms with van der Waals surface area (Å²) in [4.78, 5) is 0. The minimum Gasteiger partial charge on any atom is -0.0616 e. The van der Waals surface area contributed by atoms with Crippen LogP contribution in [0.3, 0.4) is 0 Å². The molecule has 30 rings (SSSR count). The molecule has 0 unspecified atom stereocenters. The Kier molecular flexibility index (Phi) is 18.3. The molecule has 27 aromatic rings. The quantitative estimate of drug-likeness (QED) is 0.126. The van der Waals surface area contributed by atoms with E-state index in [1.165, 1.54) is 296 Å².